The normalized spacial score (nSPS) is 11.2. The van der Waals surface area contributed by atoms with Crippen molar-refractivity contribution in [3.8, 4) is 0 Å². The second kappa shape index (κ2) is 5.64. The van der Waals surface area contributed by atoms with Crippen LogP contribution in [0.2, 0.25) is 0 Å². The zero-order valence-corrected chi connectivity index (χ0v) is 12.8. The Kier molecular flexibility index (Phi) is 3.34. The molecule has 0 fully saturated rings. The first-order chi connectivity index (χ1) is 11.4. The summed E-state index contributed by atoms with van der Waals surface area (Å²) in [6.45, 7) is 2.67. The van der Waals surface area contributed by atoms with Crippen LogP contribution in [0.1, 0.15) is 18.4 Å². The highest BCUT2D eigenvalue weighted by Gasteiger charge is 2.13. The van der Waals surface area contributed by atoms with Crippen LogP contribution in [0.15, 0.2) is 48.7 Å². The first-order valence-electron chi connectivity index (χ1n) is 7.63. The minimum atomic E-state index is 0.593. The Morgan fingerprint density at radius 3 is 2.74 bits per heavy atom. The summed E-state index contributed by atoms with van der Waals surface area (Å²) in [5.74, 6) is 1.65. The average molecular weight is 304 g/mol. The van der Waals surface area contributed by atoms with Gasteiger partial charge in [0.1, 0.15) is 5.82 Å². The van der Waals surface area contributed by atoms with Crippen molar-refractivity contribution in [1.82, 2.24) is 24.6 Å². The summed E-state index contributed by atoms with van der Waals surface area (Å²) in [6.07, 6.45) is 2.60. The van der Waals surface area contributed by atoms with Gasteiger partial charge in [-0.1, -0.05) is 25.1 Å². The Hall–Kier alpha value is -3.02. The number of anilines is 1. The van der Waals surface area contributed by atoms with Gasteiger partial charge in [-0.25, -0.2) is 4.98 Å². The van der Waals surface area contributed by atoms with Gasteiger partial charge in [-0.2, -0.15) is 0 Å². The molecule has 0 unspecified atom stereocenters. The summed E-state index contributed by atoms with van der Waals surface area (Å²) in [7, 11) is 0. The third kappa shape index (κ3) is 2.38. The summed E-state index contributed by atoms with van der Waals surface area (Å²) in [4.78, 5) is 9.03. The van der Waals surface area contributed by atoms with Gasteiger partial charge in [0.15, 0.2) is 5.82 Å². The van der Waals surface area contributed by atoms with Gasteiger partial charge in [-0.3, -0.25) is 9.38 Å². The highest BCUT2D eigenvalue weighted by Crippen LogP contribution is 2.22. The maximum Gasteiger partial charge on any atom is 0.204 e. The number of fused-ring (bicyclic) bond motifs is 3. The van der Waals surface area contributed by atoms with Gasteiger partial charge in [0.25, 0.3) is 0 Å². The molecule has 0 radical (unpaired) electrons. The Balaban J connectivity index is 1.83. The number of para-hydroxylation sites is 2. The Bertz CT molecular complexity index is 961. The van der Waals surface area contributed by atoms with Crippen molar-refractivity contribution in [3.63, 3.8) is 0 Å². The van der Waals surface area contributed by atoms with E-state index in [4.69, 9.17) is 4.98 Å². The molecule has 23 heavy (non-hydrogen) atoms. The molecular weight excluding hydrogens is 288 g/mol. The number of nitrogens with zero attached hydrogens (tertiary/aromatic N) is 5. The van der Waals surface area contributed by atoms with E-state index in [9.17, 15) is 0 Å². The van der Waals surface area contributed by atoms with E-state index in [1.165, 1.54) is 0 Å². The van der Waals surface area contributed by atoms with Gasteiger partial charge in [0.05, 0.1) is 23.3 Å². The third-order valence-corrected chi connectivity index (χ3v) is 3.78. The molecule has 0 aliphatic rings. The SMILES string of the molecule is CCc1nnc2c(NCc3ccccn3)nc3ccccc3n12. The average Bonchev–Trinajstić information content (AvgIpc) is 3.05. The van der Waals surface area contributed by atoms with Gasteiger partial charge in [0, 0.05) is 12.6 Å². The number of aryl methyl sites for hydroxylation is 1. The largest absolute Gasteiger partial charge is 0.361 e. The lowest BCUT2D eigenvalue weighted by molar-refractivity contribution is 0.921. The van der Waals surface area contributed by atoms with Crippen molar-refractivity contribution < 1.29 is 0 Å². The summed E-state index contributed by atoms with van der Waals surface area (Å²) in [5.41, 5.74) is 3.64. The molecule has 114 valence electrons. The molecule has 6 nitrogen and oxygen atoms in total. The number of rotatable bonds is 4. The first-order valence-corrected chi connectivity index (χ1v) is 7.63. The van der Waals surface area contributed by atoms with Gasteiger partial charge < -0.3 is 5.32 Å². The standard InChI is InChI=1S/C17H16N6/c1-2-15-21-22-17-16(19-11-12-7-5-6-10-18-12)20-13-8-3-4-9-14(13)23(15)17/h3-10H,2,11H2,1H3,(H,19,20). The molecule has 4 aromatic rings. The summed E-state index contributed by atoms with van der Waals surface area (Å²) < 4.78 is 2.07. The van der Waals surface area contributed by atoms with Crippen LogP contribution in [-0.2, 0) is 13.0 Å². The molecule has 1 aromatic carbocycles. The molecule has 0 saturated carbocycles. The molecule has 0 saturated heterocycles. The Morgan fingerprint density at radius 1 is 1.04 bits per heavy atom. The molecule has 3 aromatic heterocycles. The van der Waals surface area contributed by atoms with Crippen molar-refractivity contribution in [2.45, 2.75) is 19.9 Å². The highest BCUT2D eigenvalue weighted by molar-refractivity contribution is 5.82. The van der Waals surface area contributed by atoms with Gasteiger partial charge in [0.2, 0.25) is 5.65 Å². The van der Waals surface area contributed by atoms with Crippen LogP contribution in [0.25, 0.3) is 16.7 Å². The lowest BCUT2D eigenvalue weighted by Crippen LogP contribution is -2.06. The van der Waals surface area contributed by atoms with E-state index in [0.717, 1.165) is 40.4 Å². The van der Waals surface area contributed by atoms with E-state index in [-0.39, 0.29) is 0 Å². The molecular formula is C17H16N6. The molecule has 6 heteroatoms. The van der Waals surface area contributed by atoms with Gasteiger partial charge in [-0.05, 0) is 24.3 Å². The fourth-order valence-electron chi connectivity index (χ4n) is 2.67. The van der Waals surface area contributed by atoms with E-state index in [1.54, 1.807) is 6.20 Å². The van der Waals surface area contributed by atoms with E-state index in [1.807, 2.05) is 42.5 Å². The van der Waals surface area contributed by atoms with E-state index in [0.29, 0.717) is 6.54 Å². The molecule has 0 amide bonds. The van der Waals surface area contributed by atoms with Crippen LogP contribution < -0.4 is 5.32 Å². The monoisotopic (exact) mass is 304 g/mol. The minimum Gasteiger partial charge on any atom is -0.361 e. The topological polar surface area (TPSA) is 68.0 Å². The predicted molar refractivity (Wildman–Crippen MR) is 89.2 cm³/mol. The molecule has 0 spiro atoms. The predicted octanol–water partition coefficient (Wildman–Crippen LogP) is 2.85. The molecule has 0 aliphatic carbocycles. The van der Waals surface area contributed by atoms with Gasteiger partial charge in [-0.15, -0.1) is 10.2 Å². The first kappa shape index (κ1) is 13.6. The quantitative estimate of drug-likeness (QED) is 0.628. The second-order valence-corrected chi connectivity index (χ2v) is 5.25. The van der Waals surface area contributed by atoms with Crippen LogP contribution in [-0.4, -0.2) is 24.6 Å². The van der Waals surface area contributed by atoms with Crippen molar-refractivity contribution >= 4 is 22.5 Å². The Labute approximate surface area is 133 Å². The maximum absolute atomic E-state index is 4.70. The number of hydrogen-bond acceptors (Lipinski definition) is 5. The number of hydrogen-bond donors (Lipinski definition) is 1. The number of benzene rings is 1. The number of aromatic nitrogens is 5. The number of nitrogens with one attached hydrogen (secondary N) is 1. The smallest absolute Gasteiger partial charge is 0.204 e. The van der Waals surface area contributed by atoms with Gasteiger partial charge >= 0.3 is 0 Å². The van der Waals surface area contributed by atoms with Crippen LogP contribution >= 0.6 is 0 Å². The van der Waals surface area contributed by atoms with Crippen LogP contribution in [0.3, 0.4) is 0 Å². The van der Waals surface area contributed by atoms with Crippen LogP contribution in [0, 0.1) is 0 Å². The number of pyridine rings is 1. The zero-order chi connectivity index (χ0) is 15.6. The zero-order valence-electron chi connectivity index (χ0n) is 12.8. The molecule has 3 heterocycles. The minimum absolute atomic E-state index is 0.593. The summed E-state index contributed by atoms with van der Waals surface area (Å²) in [6, 6.07) is 13.9. The van der Waals surface area contributed by atoms with Crippen LogP contribution in [0.5, 0.6) is 0 Å². The third-order valence-electron chi connectivity index (χ3n) is 3.78. The van der Waals surface area contributed by atoms with E-state index < -0.39 is 0 Å². The molecule has 0 bridgehead atoms. The lowest BCUT2D eigenvalue weighted by Gasteiger charge is -2.09. The Morgan fingerprint density at radius 2 is 1.91 bits per heavy atom. The van der Waals surface area contributed by atoms with Crippen molar-refractivity contribution in [2.24, 2.45) is 0 Å². The summed E-state index contributed by atoms with van der Waals surface area (Å²) >= 11 is 0. The van der Waals surface area contributed by atoms with Crippen LogP contribution in [0.4, 0.5) is 5.82 Å². The molecule has 1 N–H and O–H groups in total. The summed E-state index contributed by atoms with van der Waals surface area (Å²) in [5, 5.41) is 12.0. The van der Waals surface area contributed by atoms with Crippen molar-refractivity contribution in [1.29, 1.82) is 0 Å². The molecule has 0 atom stereocenters. The highest BCUT2D eigenvalue weighted by atomic mass is 15.3. The van der Waals surface area contributed by atoms with E-state index in [2.05, 4.69) is 31.8 Å². The fraction of sp³-hybridized carbons (Fsp3) is 0.176. The maximum atomic E-state index is 4.70. The van der Waals surface area contributed by atoms with Crippen molar-refractivity contribution in [2.75, 3.05) is 5.32 Å². The van der Waals surface area contributed by atoms with E-state index >= 15 is 0 Å². The fourth-order valence-corrected chi connectivity index (χ4v) is 2.67. The second-order valence-electron chi connectivity index (χ2n) is 5.25. The molecule has 4 rings (SSSR count). The lowest BCUT2D eigenvalue weighted by atomic mass is 10.3. The van der Waals surface area contributed by atoms with Crippen molar-refractivity contribution in [3.05, 3.63) is 60.2 Å². The molecule has 0 aliphatic heterocycles.